The van der Waals surface area contributed by atoms with Crippen LogP contribution in [0, 0.1) is 0 Å². The van der Waals surface area contributed by atoms with Crippen molar-refractivity contribution in [1.82, 2.24) is 9.62 Å². The predicted molar refractivity (Wildman–Crippen MR) is 44.2 cm³/mol. The minimum absolute atomic E-state index is 0.0126. The molecule has 1 rings (SSSR count). The Kier molecular flexibility index (Phi) is 2.56. The summed E-state index contributed by atoms with van der Waals surface area (Å²) in [6.07, 6.45) is 0.645. The van der Waals surface area contributed by atoms with Crippen LogP contribution in [0.2, 0.25) is 0 Å². The van der Waals surface area contributed by atoms with Crippen LogP contribution in [0.1, 0.15) is 13.3 Å². The highest BCUT2D eigenvalue weighted by molar-refractivity contribution is 7.89. The van der Waals surface area contributed by atoms with Crippen molar-refractivity contribution >= 4 is 16.1 Å². The molecular formula is C6H12N2O3S. The number of urea groups is 1. The SMILES string of the molecule is CCCN1C(=O)NCCS1(=O)=O. The Morgan fingerprint density at radius 1 is 1.58 bits per heavy atom. The van der Waals surface area contributed by atoms with Crippen molar-refractivity contribution in [2.45, 2.75) is 13.3 Å². The second-order valence-electron chi connectivity index (χ2n) is 2.62. The Morgan fingerprint density at radius 2 is 2.25 bits per heavy atom. The van der Waals surface area contributed by atoms with Crippen molar-refractivity contribution in [1.29, 1.82) is 0 Å². The number of amides is 2. The predicted octanol–water partition coefficient (Wildman–Crippen LogP) is -0.249. The van der Waals surface area contributed by atoms with E-state index in [1.54, 1.807) is 0 Å². The fraction of sp³-hybridized carbons (Fsp3) is 0.833. The molecule has 5 nitrogen and oxygen atoms in total. The van der Waals surface area contributed by atoms with Crippen molar-refractivity contribution in [3.8, 4) is 0 Å². The summed E-state index contributed by atoms with van der Waals surface area (Å²) in [6, 6.07) is -0.497. The van der Waals surface area contributed by atoms with E-state index in [2.05, 4.69) is 5.32 Å². The summed E-state index contributed by atoms with van der Waals surface area (Å²) in [5.74, 6) is 0.0126. The van der Waals surface area contributed by atoms with E-state index in [-0.39, 0.29) is 18.8 Å². The summed E-state index contributed by atoms with van der Waals surface area (Å²) < 4.78 is 23.4. The van der Waals surface area contributed by atoms with Gasteiger partial charge in [-0.3, -0.25) is 0 Å². The van der Waals surface area contributed by atoms with Crippen LogP contribution < -0.4 is 5.32 Å². The fourth-order valence-corrected chi connectivity index (χ4v) is 2.41. The van der Waals surface area contributed by atoms with Crippen molar-refractivity contribution in [2.24, 2.45) is 0 Å². The molecule has 0 aromatic heterocycles. The summed E-state index contributed by atoms with van der Waals surface area (Å²) >= 11 is 0. The van der Waals surface area contributed by atoms with Crippen LogP contribution in [0.3, 0.4) is 0 Å². The number of nitrogens with zero attached hydrogens (tertiary/aromatic N) is 1. The molecule has 70 valence electrons. The molecule has 1 N–H and O–H groups in total. The molecule has 0 aliphatic carbocycles. The van der Waals surface area contributed by atoms with Gasteiger partial charge in [-0.05, 0) is 6.42 Å². The van der Waals surface area contributed by atoms with Gasteiger partial charge in [0.25, 0.3) is 0 Å². The van der Waals surface area contributed by atoms with Gasteiger partial charge in [0, 0.05) is 13.1 Å². The third kappa shape index (κ3) is 1.69. The topological polar surface area (TPSA) is 66.5 Å². The van der Waals surface area contributed by atoms with Crippen molar-refractivity contribution in [3.05, 3.63) is 0 Å². The van der Waals surface area contributed by atoms with E-state index in [4.69, 9.17) is 0 Å². The standard InChI is InChI=1S/C6H12N2O3S/c1-2-4-8-6(9)7-3-5-12(8,10)11/h2-5H2,1H3,(H,7,9). The van der Waals surface area contributed by atoms with Gasteiger partial charge >= 0.3 is 6.03 Å². The smallest absolute Gasteiger partial charge is 0.331 e. The van der Waals surface area contributed by atoms with Crippen LogP contribution in [0.25, 0.3) is 0 Å². The van der Waals surface area contributed by atoms with Crippen LogP contribution in [-0.4, -0.2) is 37.6 Å². The van der Waals surface area contributed by atoms with E-state index in [9.17, 15) is 13.2 Å². The largest absolute Gasteiger partial charge is 0.336 e. The summed E-state index contributed by atoms with van der Waals surface area (Å²) in [5, 5.41) is 2.48. The Morgan fingerprint density at radius 3 is 2.75 bits per heavy atom. The van der Waals surface area contributed by atoms with E-state index >= 15 is 0 Å². The average Bonchev–Trinajstić information content (AvgIpc) is 1.97. The molecule has 1 aliphatic rings. The summed E-state index contributed by atoms with van der Waals surface area (Å²) in [6.45, 7) is 2.33. The zero-order valence-corrected chi connectivity index (χ0v) is 7.73. The molecular weight excluding hydrogens is 180 g/mol. The van der Waals surface area contributed by atoms with Gasteiger partial charge in [0.05, 0.1) is 5.75 Å². The number of rotatable bonds is 2. The van der Waals surface area contributed by atoms with Gasteiger partial charge in [0.15, 0.2) is 0 Å². The van der Waals surface area contributed by atoms with Gasteiger partial charge in [0.2, 0.25) is 10.0 Å². The van der Waals surface area contributed by atoms with E-state index in [0.29, 0.717) is 6.42 Å². The van der Waals surface area contributed by atoms with Crippen molar-refractivity contribution in [3.63, 3.8) is 0 Å². The summed E-state index contributed by atoms with van der Waals surface area (Å²) in [4.78, 5) is 11.0. The fourth-order valence-electron chi connectivity index (χ4n) is 1.06. The van der Waals surface area contributed by atoms with Gasteiger partial charge in [-0.2, -0.15) is 0 Å². The maximum atomic E-state index is 11.2. The molecule has 6 heteroatoms. The second kappa shape index (κ2) is 3.30. The lowest BCUT2D eigenvalue weighted by Gasteiger charge is -2.26. The highest BCUT2D eigenvalue weighted by atomic mass is 32.2. The van der Waals surface area contributed by atoms with Gasteiger partial charge in [-0.25, -0.2) is 17.5 Å². The van der Waals surface area contributed by atoms with Crippen LogP contribution in [0.4, 0.5) is 4.79 Å². The summed E-state index contributed by atoms with van der Waals surface area (Å²) in [7, 11) is -3.31. The Hall–Kier alpha value is -0.780. The number of carbonyl (C=O) groups excluding carboxylic acids is 1. The highest BCUT2D eigenvalue weighted by Crippen LogP contribution is 2.06. The maximum Gasteiger partial charge on any atom is 0.331 e. The molecule has 0 radical (unpaired) electrons. The monoisotopic (exact) mass is 192 g/mol. The zero-order valence-electron chi connectivity index (χ0n) is 6.91. The van der Waals surface area contributed by atoms with Crippen LogP contribution >= 0.6 is 0 Å². The first-order chi connectivity index (χ1) is 5.58. The van der Waals surface area contributed by atoms with E-state index in [1.807, 2.05) is 6.92 Å². The normalized spacial score (nSPS) is 22.1. The average molecular weight is 192 g/mol. The molecule has 0 aromatic rings. The first-order valence-corrected chi connectivity index (χ1v) is 5.47. The van der Waals surface area contributed by atoms with E-state index < -0.39 is 16.1 Å². The van der Waals surface area contributed by atoms with Crippen LogP contribution in [0.5, 0.6) is 0 Å². The lowest BCUT2D eigenvalue weighted by Crippen LogP contribution is -2.52. The quantitative estimate of drug-likeness (QED) is 0.656. The maximum absolute atomic E-state index is 11.2. The summed E-state index contributed by atoms with van der Waals surface area (Å²) in [5.41, 5.74) is 0. The molecule has 0 saturated carbocycles. The number of hydrogen-bond acceptors (Lipinski definition) is 3. The number of nitrogens with one attached hydrogen (secondary N) is 1. The van der Waals surface area contributed by atoms with E-state index in [1.165, 1.54) is 0 Å². The number of sulfonamides is 1. The van der Waals surface area contributed by atoms with Crippen LogP contribution in [0.15, 0.2) is 0 Å². The van der Waals surface area contributed by atoms with E-state index in [0.717, 1.165) is 4.31 Å². The minimum Gasteiger partial charge on any atom is -0.336 e. The third-order valence-corrected chi connectivity index (χ3v) is 3.37. The van der Waals surface area contributed by atoms with Gasteiger partial charge in [-0.1, -0.05) is 6.92 Å². The molecule has 12 heavy (non-hydrogen) atoms. The first kappa shape index (κ1) is 9.31. The van der Waals surface area contributed by atoms with Crippen molar-refractivity contribution < 1.29 is 13.2 Å². The molecule has 0 aromatic carbocycles. The Bertz CT molecular complexity index is 273. The lowest BCUT2D eigenvalue weighted by molar-refractivity contribution is 0.221. The number of hydrogen-bond donors (Lipinski definition) is 1. The molecule has 1 aliphatic heterocycles. The third-order valence-electron chi connectivity index (χ3n) is 1.63. The van der Waals surface area contributed by atoms with Gasteiger partial charge in [-0.15, -0.1) is 0 Å². The highest BCUT2D eigenvalue weighted by Gasteiger charge is 2.30. The Balaban J connectivity index is 2.81. The molecule has 1 heterocycles. The number of carbonyl (C=O) groups is 1. The molecule has 2 amide bonds. The Labute approximate surface area is 71.8 Å². The van der Waals surface area contributed by atoms with Crippen LogP contribution in [-0.2, 0) is 10.0 Å². The molecule has 0 unspecified atom stereocenters. The van der Waals surface area contributed by atoms with Gasteiger partial charge < -0.3 is 5.32 Å². The van der Waals surface area contributed by atoms with Gasteiger partial charge in [0.1, 0.15) is 0 Å². The molecule has 0 bridgehead atoms. The zero-order chi connectivity index (χ0) is 9.19. The first-order valence-electron chi connectivity index (χ1n) is 3.86. The molecule has 0 atom stereocenters. The molecule has 1 saturated heterocycles. The second-order valence-corrected chi connectivity index (χ2v) is 4.63. The van der Waals surface area contributed by atoms with Crippen molar-refractivity contribution in [2.75, 3.05) is 18.8 Å². The minimum atomic E-state index is -3.31. The molecule has 0 spiro atoms. The molecule has 1 fully saturated rings. The lowest BCUT2D eigenvalue weighted by atomic mass is 10.5.